The average molecular weight is 315 g/mol. The molecule has 0 amide bonds. The summed E-state index contributed by atoms with van der Waals surface area (Å²) in [5.41, 5.74) is -1.11. The smallest absolute Gasteiger partial charge is 0.258 e. The van der Waals surface area contributed by atoms with Gasteiger partial charge in [0.1, 0.15) is 10.7 Å². The van der Waals surface area contributed by atoms with Gasteiger partial charge in [0.05, 0.1) is 4.92 Å². The van der Waals surface area contributed by atoms with Gasteiger partial charge < -0.3 is 0 Å². The second-order valence-electron chi connectivity index (χ2n) is 3.51. The standard InChI is InChI=1S/C9H9ClF2N2O4S/c1-13(3-2-10)19(17,18)9-5-8(14(15)16)6(11)4-7(9)12/h4-5H,2-3H2,1H3. The fraction of sp³-hybridized carbons (Fsp3) is 0.333. The normalized spacial score (nSPS) is 11.8. The van der Waals surface area contributed by atoms with Crippen LogP contribution in [0.1, 0.15) is 0 Å². The van der Waals surface area contributed by atoms with Crippen LogP contribution in [0.2, 0.25) is 0 Å². The minimum Gasteiger partial charge on any atom is -0.258 e. The van der Waals surface area contributed by atoms with Crippen molar-refractivity contribution in [2.24, 2.45) is 0 Å². The summed E-state index contributed by atoms with van der Waals surface area (Å²) >= 11 is 5.37. The Kier molecular flexibility index (Phi) is 4.77. The summed E-state index contributed by atoms with van der Waals surface area (Å²) in [4.78, 5) is 8.43. The molecule has 106 valence electrons. The van der Waals surface area contributed by atoms with Gasteiger partial charge in [-0.15, -0.1) is 11.6 Å². The molecule has 0 aliphatic carbocycles. The maximum Gasteiger partial charge on any atom is 0.306 e. The third kappa shape index (κ3) is 3.17. The Balaban J connectivity index is 3.43. The zero-order valence-corrected chi connectivity index (χ0v) is 11.2. The first-order valence-electron chi connectivity index (χ1n) is 4.87. The molecule has 0 atom stereocenters. The lowest BCUT2D eigenvalue weighted by Crippen LogP contribution is -2.29. The molecule has 0 spiro atoms. The number of nitro benzene ring substituents is 1. The van der Waals surface area contributed by atoms with E-state index in [-0.39, 0.29) is 18.5 Å². The van der Waals surface area contributed by atoms with Gasteiger partial charge in [0.2, 0.25) is 15.8 Å². The summed E-state index contributed by atoms with van der Waals surface area (Å²) in [6.07, 6.45) is 0. The van der Waals surface area contributed by atoms with Gasteiger partial charge in [0.15, 0.2) is 0 Å². The average Bonchev–Trinajstić information content (AvgIpc) is 2.28. The van der Waals surface area contributed by atoms with Crippen molar-refractivity contribution in [1.29, 1.82) is 0 Å². The molecule has 0 bridgehead atoms. The SMILES string of the molecule is CN(CCCl)S(=O)(=O)c1cc([N+](=O)[O-])c(F)cc1F. The van der Waals surface area contributed by atoms with Gasteiger partial charge >= 0.3 is 5.69 Å². The third-order valence-electron chi connectivity index (χ3n) is 2.29. The number of alkyl halides is 1. The lowest BCUT2D eigenvalue weighted by molar-refractivity contribution is -0.387. The molecule has 0 N–H and O–H groups in total. The molecule has 0 aromatic heterocycles. The van der Waals surface area contributed by atoms with Gasteiger partial charge in [-0.3, -0.25) is 10.1 Å². The Morgan fingerprint density at radius 2 is 1.95 bits per heavy atom. The van der Waals surface area contributed by atoms with Crippen LogP contribution in [0.15, 0.2) is 17.0 Å². The predicted octanol–water partition coefficient (Wildman–Crippen LogP) is 1.73. The van der Waals surface area contributed by atoms with Gasteiger partial charge in [-0.2, -0.15) is 8.70 Å². The van der Waals surface area contributed by atoms with Gasteiger partial charge in [-0.05, 0) is 0 Å². The van der Waals surface area contributed by atoms with Crippen molar-refractivity contribution in [3.63, 3.8) is 0 Å². The molecule has 0 saturated heterocycles. The number of nitrogens with zero attached hydrogens (tertiary/aromatic N) is 2. The second-order valence-corrected chi connectivity index (χ2v) is 5.90. The van der Waals surface area contributed by atoms with Crippen molar-refractivity contribution in [3.8, 4) is 0 Å². The van der Waals surface area contributed by atoms with Crippen LogP contribution in [0.5, 0.6) is 0 Å². The monoisotopic (exact) mass is 314 g/mol. The number of benzene rings is 1. The molecule has 1 aromatic carbocycles. The van der Waals surface area contributed by atoms with E-state index in [1.807, 2.05) is 0 Å². The highest BCUT2D eigenvalue weighted by molar-refractivity contribution is 7.89. The quantitative estimate of drug-likeness (QED) is 0.471. The number of halogens is 3. The molecule has 0 fully saturated rings. The van der Waals surface area contributed by atoms with Crippen LogP contribution < -0.4 is 0 Å². The van der Waals surface area contributed by atoms with Crippen LogP contribution in [0.25, 0.3) is 0 Å². The van der Waals surface area contributed by atoms with Crippen LogP contribution in [0, 0.1) is 21.7 Å². The lowest BCUT2D eigenvalue weighted by Gasteiger charge is -2.16. The van der Waals surface area contributed by atoms with E-state index < -0.39 is 37.2 Å². The first kappa shape index (κ1) is 15.7. The first-order chi connectivity index (χ1) is 8.71. The third-order valence-corrected chi connectivity index (χ3v) is 4.33. The molecule has 1 rings (SSSR count). The largest absolute Gasteiger partial charge is 0.306 e. The summed E-state index contributed by atoms with van der Waals surface area (Å²) in [7, 11) is -3.17. The Morgan fingerprint density at radius 3 is 2.42 bits per heavy atom. The Labute approximate surface area is 112 Å². The van der Waals surface area contributed by atoms with Crippen LogP contribution in [-0.2, 0) is 10.0 Å². The highest BCUT2D eigenvalue weighted by Gasteiger charge is 2.29. The summed E-state index contributed by atoms with van der Waals surface area (Å²) in [6, 6.07) is 0.518. The van der Waals surface area contributed by atoms with Crippen molar-refractivity contribution >= 4 is 27.3 Å². The summed E-state index contributed by atoms with van der Waals surface area (Å²) < 4.78 is 51.1. The van der Waals surface area contributed by atoms with E-state index >= 15 is 0 Å². The zero-order chi connectivity index (χ0) is 14.8. The van der Waals surface area contributed by atoms with E-state index in [0.29, 0.717) is 6.07 Å². The lowest BCUT2D eigenvalue weighted by atomic mass is 10.3. The summed E-state index contributed by atoms with van der Waals surface area (Å²) in [6.45, 7) is -0.117. The van der Waals surface area contributed by atoms with E-state index in [1.54, 1.807) is 0 Å². The molecular formula is C9H9ClF2N2O4S. The van der Waals surface area contributed by atoms with E-state index in [0.717, 1.165) is 11.4 Å². The molecule has 1 aromatic rings. The molecule has 19 heavy (non-hydrogen) atoms. The minimum absolute atomic E-state index is 0.0410. The van der Waals surface area contributed by atoms with Crippen molar-refractivity contribution < 1.29 is 22.1 Å². The maximum atomic E-state index is 13.5. The minimum atomic E-state index is -4.30. The number of sulfonamides is 1. The second kappa shape index (κ2) is 5.76. The molecule has 0 aliphatic rings. The fourth-order valence-electron chi connectivity index (χ4n) is 1.26. The molecule has 0 radical (unpaired) electrons. The van der Waals surface area contributed by atoms with E-state index in [1.165, 1.54) is 0 Å². The Morgan fingerprint density at radius 1 is 1.37 bits per heavy atom. The maximum absolute atomic E-state index is 13.5. The number of hydrogen-bond acceptors (Lipinski definition) is 4. The Hall–Kier alpha value is -1.32. The summed E-state index contributed by atoms with van der Waals surface area (Å²) in [5, 5.41) is 10.5. The highest BCUT2D eigenvalue weighted by Crippen LogP contribution is 2.26. The van der Waals surface area contributed by atoms with Gasteiger partial charge in [-0.1, -0.05) is 0 Å². The molecule has 6 nitrogen and oxygen atoms in total. The van der Waals surface area contributed by atoms with Crippen molar-refractivity contribution in [2.75, 3.05) is 19.5 Å². The van der Waals surface area contributed by atoms with E-state index in [4.69, 9.17) is 11.6 Å². The van der Waals surface area contributed by atoms with Gasteiger partial charge in [0.25, 0.3) is 0 Å². The molecule has 0 unspecified atom stereocenters. The van der Waals surface area contributed by atoms with Gasteiger partial charge in [0, 0.05) is 31.6 Å². The molecule has 0 heterocycles. The summed E-state index contributed by atoms with van der Waals surface area (Å²) in [5.74, 6) is -2.88. The Bertz CT molecular complexity index is 608. The van der Waals surface area contributed by atoms with Crippen LogP contribution >= 0.6 is 11.6 Å². The van der Waals surface area contributed by atoms with Crippen LogP contribution in [0.4, 0.5) is 14.5 Å². The zero-order valence-electron chi connectivity index (χ0n) is 9.64. The first-order valence-corrected chi connectivity index (χ1v) is 6.85. The van der Waals surface area contributed by atoms with Gasteiger partial charge in [-0.25, -0.2) is 12.8 Å². The van der Waals surface area contributed by atoms with Crippen molar-refractivity contribution in [3.05, 3.63) is 33.9 Å². The van der Waals surface area contributed by atoms with E-state index in [2.05, 4.69) is 0 Å². The fourth-order valence-corrected chi connectivity index (χ4v) is 2.85. The molecule has 0 saturated carbocycles. The molecule has 10 heteroatoms. The number of hydrogen-bond donors (Lipinski definition) is 0. The van der Waals surface area contributed by atoms with Crippen molar-refractivity contribution in [1.82, 2.24) is 4.31 Å². The highest BCUT2D eigenvalue weighted by atomic mass is 35.5. The van der Waals surface area contributed by atoms with E-state index in [9.17, 15) is 27.3 Å². The number of rotatable bonds is 5. The predicted molar refractivity (Wildman–Crippen MR) is 63.5 cm³/mol. The number of nitro groups is 1. The van der Waals surface area contributed by atoms with Crippen LogP contribution in [-0.4, -0.2) is 37.1 Å². The van der Waals surface area contributed by atoms with Crippen LogP contribution in [0.3, 0.4) is 0 Å². The molecule has 0 aliphatic heterocycles. The molecular weight excluding hydrogens is 306 g/mol. The van der Waals surface area contributed by atoms with Crippen molar-refractivity contribution in [2.45, 2.75) is 4.90 Å². The topological polar surface area (TPSA) is 80.5 Å².